The van der Waals surface area contributed by atoms with Crippen molar-refractivity contribution < 1.29 is 14.3 Å². The van der Waals surface area contributed by atoms with Crippen LogP contribution < -0.4 is 10.1 Å². The van der Waals surface area contributed by atoms with Crippen molar-refractivity contribution in [1.82, 2.24) is 20.0 Å². The van der Waals surface area contributed by atoms with Crippen LogP contribution in [0, 0.1) is 11.8 Å². The van der Waals surface area contributed by atoms with E-state index in [4.69, 9.17) is 9.47 Å². The second-order valence-electron chi connectivity index (χ2n) is 7.99. The Bertz CT molecular complexity index is 808. The molecule has 1 aromatic carbocycles. The molecule has 156 valence electrons. The SMILES string of the molecule is COc1ccccc1-n1cc(CN2CCC(CNC(=O)C3CCOC3)CC2)cn1. The Kier molecular flexibility index (Phi) is 6.46. The topological polar surface area (TPSA) is 68.6 Å². The van der Waals surface area contributed by atoms with Crippen molar-refractivity contribution >= 4 is 5.91 Å². The zero-order valence-electron chi connectivity index (χ0n) is 17.0. The molecule has 1 amide bonds. The second-order valence-corrected chi connectivity index (χ2v) is 7.99. The molecular formula is C22H30N4O3. The number of rotatable bonds is 7. The van der Waals surface area contributed by atoms with Crippen LogP contribution in [0.5, 0.6) is 5.75 Å². The third-order valence-corrected chi connectivity index (χ3v) is 5.95. The molecule has 2 saturated heterocycles. The van der Waals surface area contributed by atoms with E-state index in [1.54, 1.807) is 7.11 Å². The Balaban J connectivity index is 1.24. The summed E-state index contributed by atoms with van der Waals surface area (Å²) in [7, 11) is 1.68. The Morgan fingerprint density at radius 1 is 1.28 bits per heavy atom. The highest BCUT2D eigenvalue weighted by Gasteiger charge is 2.25. The van der Waals surface area contributed by atoms with E-state index in [0.29, 0.717) is 19.1 Å². The number of aromatic nitrogens is 2. The van der Waals surface area contributed by atoms with Gasteiger partial charge in [0, 0.05) is 31.5 Å². The van der Waals surface area contributed by atoms with Gasteiger partial charge in [-0.3, -0.25) is 9.69 Å². The Morgan fingerprint density at radius 3 is 2.86 bits per heavy atom. The van der Waals surface area contributed by atoms with Gasteiger partial charge in [-0.2, -0.15) is 5.10 Å². The summed E-state index contributed by atoms with van der Waals surface area (Å²) in [6.45, 7) is 5.07. The molecule has 0 spiro atoms. The monoisotopic (exact) mass is 398 g/mol. The van der Waals surface area contributed by atoms with E-state index >= 15 is 0 Å². The normalized spacial score (nSPS) is 20.7. The number of nitrogens with zero attached hydrogens (tertiary/aromatic N) is 3. The molecular weight excluding hydrogens is 368 g/mol. The van der Waals surface area contributed by atoms with Gasteiger partial charge in [-0.25, -0.2) is 4.68 Å². The van der Waals surface area contributed by atoms with E-state index in [-0.39, 0.29) is 11.8 Å². The Labute approximate surface area is 172 Å². The number of nitrogens with one attached hydrogen (secondary N) is 1. The number of carbonyl (C=O) groups excluding carboxylic acids is 1. The molecule has 1 N–H and O–H groups in total. The van der Waals surface area contributed by atoms with Crippen LogP contribution in [-0.4, -0.2) is 60.5 Å². The number of hydrogen-bond acceptors (Lipinski definition) is 5. The lowest BCUT2D eigenvalue weighted by Crippen LogP contribution is -2.40. The molecule has 2 aliphatic heterocycles. The lowest BCUT2D eigenvalue weighted by molar-refractivity contribution is -0.125. The Hall–Kier alpha value is -2.38. The summed E-state index contributed by atoms with van der Waals surface area (Å²) in [4.78, 5) is 14.6. The quantitative estimate of drug-likeness (QED) is 0.775. The first kappa shape index (κ1) is 19.9. The van der Waals surface area contributed by atoms with Gasteiger partial charge in [0.2, 0.25) is 5.91 Å². The van der Waals surface area contributed by atoms with E-state index in [1.165, 1.54) is 5.56 Å². The smallest absolute Gasteiger partial charge is 0.225 e. The maximum absolute atomic E-state index is 12.1. The first-order valence-corrected chi connectivity index (χ1v) is 10.5. The molecule has 0 saturated carbocycles. The number of para-hydroxylation sites is 2. The third-order valence-electron chi connectivity index (χ3n) is 5.95. The molecule has 29 heavy (non-hydrogen) atoms. The minimum atomic E-state index is 0.0508. The van der Waals surface area contributed by atoms with Crippen LogP contribution >= 0.6 is 0 Å². The van der Waals surface area contributed by atoms with Gasteiger partial charge in [0.1, 0.15) is 11.4 Å². The van der Waals surface area contributed by atoms with Crippen molar-refractivity contribution in [2.24, 2.45) is 11.8 Å². The minimum absolute atomic E-state index is 0.0508. The number of carbonyl (C=O) groups is 1. The van der Waals surface area contributed by atoms with Gasteiger partial charge in [0.15, 0.2) is 0 Å². The highest BCUT2D eigenvalue weighted by Crippen LogP contribution is 2.23. The molecule has 0 bridgehead atoms. The van der Waals surface area contributed by atoms with Crippen LogP contribution in [0.25, 0.3) is 5.69 Å². The molecule has 2 aromatic rings. The summed E-state index contributed by atoms with van der Waals surface area (Å²) in [5.74, 6) is 1.59. The van der Waals surface area contributed by atoms with Gasteiger partial charge in [-0.05, 0) is 50.4 Å². The van der Waals surface area contributed by atoms with Crippen molar-refractivity contribution in [3.8, 4) is 11.4 Å². The average molecular weight is 399 g/mol. The molecule has 4 rings (SSSR count). The van der Waals surface area contributed by atoms with E-state index in [1.807, 2.05) is 35.1 Å². The molecule has 3 heterocycles. The fourth-order valence-corrected chi connectivity index (χ4v) is 4.13. The standard InChI is InChI=1S/C22H30N4O3/c1-28-21-5-3-2-4-20(21)26-15-18(13-24-26)14-25-9-6-17(7-10-25)12-23-22(27)19-8-11-29-16-19/h2-5,13,15,17,19H,6-12,14,16H2,1H3,(H,23,27). The molecule has 1 aromatic heterocycles. The van der Waals surface area contributed by atoms with Crippen LogP contribution in [0.2, 0.25) is 0 Å². The molecule has 1 unspecified atom stereocenters. The maximum atomic E-state index is 12.1. The van der Waals surface area contributed by atoms with Crippen molar-refractivity contribution in [2.75, 3.05) is 40.0 Å². The number of amides is 1. The maximum Gasteiger partial charge on any atom is 0.225 e. The summed E-state index contributed by atoms with van der Waals surface area (Å²) >= 11 is 0. The predicted molar refractivity (Wildman–Crippen MR) is 110 cm³/mol. The van der Waals surface area contributed by atoms with Crippen LogP contribution in [0.3, 0.4) is 0 Å². The summed E-state index contributed by atoms with van der Waals surface area (Å²) in [6.07, 6.45) is 7.09. The molecule has 7 nitrogen and oxygen atoms in total. The molecule has 2 aliphatic rings. The van der Waals surface area contributed by atoms with Crippen LogP contribution in [0.1, 0.15) is 24.8 Å². The lowest BCUT2D eigenvalue weighted by Gasteiger charge is -2.31. The number of hydrogen-bond donors (Lipinski definition) is 1. The first-order chi connectivity index (χ1) is 14.2. The zero-order valence-corrected chi connectivity index (χ0v) is 17.0. The molecule has 0 aliphatic carbocycles. The first-order valence-electron chi connectivity index (χ1n) is 10.5. The fraction of sp³-hybridized carbons (Fsp3) is 0.545. The number of piperidine rings is 1. The number of methoxy groups -OCH3 is 1. The lowest BCUT2D eigenvalue weighted by atomic mass is 9.96. The van der Waals surface area contributed by atoms with E-state index in [9.17, 15) is 4.79 Å². The van der Waals surface area contributed by atoms with Gasteiger partial charge in [0.05, 0.1) is 25.8 Å². The number of benzene rings is 1. The van der Waals surface area contributed by atoms with Crippen molar-refractivity contribution in [3.63, 3.8) is 0 Å². The van der Waals surface area contributed by atoms with Crippen molar-refractivity contribution in [3.05, 3.63) is 42.2 Å². The highest BCUT2D eigenvalue weighted by molar-refractivity contribution is 5.78. The van der Waals surface area contributed by atoms with Crippen LogP contribution in [0.4, 0.5) is 0 Å². The third kappa shape index (κ3) is 4.97. The minimum Gasteiger partial charge on any atom is -0.494 e. The summed E-state index contributed by atoms with van der Waals surface area (Å²) < 4.78 is 12.6. The summed E-state index contributed by atoms with van der Waals surface area (Å²) in [5, 5.41) is 7.64. The number of ether oxygens (including phenoxy) is 2. The van der Waals surface area contributed by atoms with Gasteiger partial charge in [-0.15, -0.1) is 0 Å². The zero-order chi connectivity index (χ0) is 20.1. The van der Waals surface area contributed by atoms with Gasteiger partial charge >= 0.3 is 0 Å². The van der Waals surface area contributed by atoms with E-state index in [2.05, 4.69) is 21.5 Å². The van der Waals surface area contributed by atoms with E-state index < -0.39 is 0 Å². The average Bonchev–Trinajstić information content (AvgIpc) is 3.45. The molecule has 1 atom stereocenters. The fourth-order valence-electron chi connectivity index (χ4n) is 4.13. The Morgan fingerprint density at radius 2 is 2.10 bits per heavy atom. The highest BCUT2D eigenvalue weighted by atomic mass is 16.5. The van der Waals surface area contributed by atoms with E-state index in [0.717, 1.165) is 56.9 Å². The van der Waals surface area contributed by atoms with Crippen LogP contribution in [0.15, 0.2) is 36.7 Å². The van der Waals surface area contributed by atoms with Gasteiger partial charge in [0.25, 0.3) is 0 Å². The van der Waals surface area contributed by atoms with Gasteiger partial charge in [-0.1, -0.05) is 12.1 Å². The second kappa shape index (κ2) is 9.41. The number of likely N-dealkylation sites (tertiary alicyclic amines) is 1. The summed E-state index contributed by atoms with van der Waals surface area (Å²) in [6, 6.07) is 7.90. The molecule has 2 fully saturated rings. The largest absolute Gasteiger partial charge is 0.494 e. The van der Waals surface area contributed by atoms with Gasteiger partial charge < -0.3 is 14.8 Å². The van der Waals surface area contributed by atoms with Crippen molar-refractivity contribution in [2.45, 2.75) is 25.8 Å². The summed E-state index contributed by atoms with van der Waals surface area (Å²) in [5.41, 5.74) is 2.15. The molecule has 0 radical (unpaired) electrons. The van der Waals surface area contributed by atoms with Crippen LogP contribution in [-0.2, 0) is 16.1 Å². The molecule has 7 heteroatoms. The van der Waals surface area contributed by atoms with Crippen molar-refractivity contribution in [1.29, 1.82) is 0 Å². The predicted octanol–water partition coefficient (Wildman–Crippen LogP) is 2.25.